The predicted octanol–water partition coefficient (Wildman–Crippen LogP) is 3.96. The molecule has 1 unspecified atom stereocenters. The second-order valence-corrected chi connectivity index (χ2v) is 4.25. The van der Waals surface area contributed by atoms with Gasteiger partial charge in [0.2, 0.25) is 0 Å². The van der Waals surface area contributed by atoms with E-state index in [0.717, 1.165) is 12.8 Å². The molecule has 0 aliphatic carbocycles. The highest BCUT2D eigenvalue weighted by atomic mass is 35.5. The molecule has 90 valence electrons. The molecule has 1 aromatic carbocycles. The summed E-state index contributed by atoms with van der Waals surface area (Å²) in [6, 6.07) is 5.89. The number of benzene rings is 1. The maximum absolute atomic E-state index is 12.7. The molecule has 0 aliphatic heterocycles. The van der Waals surface area contributed by atoms with E-state index in [4.69, 9.17) is 16.1 Å². The first-order valence-corrected chi connectivity index (χ1v) is 5.88. The summed E-state index contributed by atoms with van der Waals surface area (Å²) < 4.78 is 17.8. The highest BCUT2D eigenvalue weighted by molar-refractivity contribution is 6.20. The zero-order valence-electron chi connectivity index (χ0n) is 9.36. The van der Waals surface area contributed by atoms with E-state index in [1.165, 1.54) is 12.1 Å². The lowest BCUT2D eigenvalue weighted by Crippen LogP contribution is -1.92. The van der Waals surface area contributed by atoms with E-state index in [1.54, 1.807) is 12.1 Å². The van der Waals surface area contributed by atoms with Crippen molar-refractivity contribution >= 4 is 11.6 Å². The van der Waals surface area contributed by atoms with Gasteiger partial charge < -0.3 is 4.52 Å². The van der Waals surface area contributed by atoms with Gasteiger partial charge in [0.15, 0.2) is 5.82 Å². The predicted molar refractivity (Wildman–Crippen MR) is 63.2 cm³/mol. The lowest BCUT2D eigenvalue weighted by Gasteiger charge is -1.99. The Morgan fingerprint density at radius 2 is 2.06 bits per heavy atom. The fraction of sp³-hybridized carbons (Fsp3) is 0.333. The molecule has 5 heteroatoms. The zero-order valence-corrected chi connectivity index (χ0v) is 10.1. The van der Waals surface area contributed by atoms with Crippen LogP contribution in [0.15, 0.2) is 28.8 Å². The van der Waals surface area contributed by atoms with Gasteiger partial charge in [-0.15, -0.1) is 11.6 Å². The first-order valence-electron chi connectivity index (χ1n) is 5.44. The molecule has 2 aromatic rings. The van der Waals surface area contributed by atoms with Gasteiger partial charge in [0, 0.05) is 5.56 Å². The number of halogens is 2. The molecule has 0 radical (unpaired) electrons. The van der Waals surface area contributed by atoms with Crippen molar-refractivity contribution in [2.24, 2.45) is 0 Å². The summed E-state index contributed by atoms with van der Waals surface area (Å²) in [6.45, 7) is 2.04. The molecule has 1 heterocycles. The van der Waals surface area contributed by atoms with Crippen LogP contribution in [0.5, 0.6) is 0 Å². The van der Waals surface area contributed by atoms with Crippen LogP contribution in [0, 0.1) is 5.82 Å². The van der Waals surface area contributed by atoms with Gasteiger partial charge in [-0.2, -0.15) is 4.98 Å². The summed E-state index contributed by atoms with van der Waals surface area (Å²) >= 11 is 6.09. The molecule has 0 aliphatic rings. The van der Waals surface area contributed by atoms with Gasteiger partial charge >= 0.3 is 0 Å². The molecular formula is C12H12ClFN2O. The molecule has 0 amide bonds. The van der Waals surface area contributed by atoms with Gasteiger partial charge in [0.1, 0.15) is 5.82 Å². The minimum absolute atomic E-state index is 0.238. The fourth-order valence-corrected chi connectivity index (χ4v) is 1.76. The van der Waals surface area contributed by atoms with Crippen LogP contribution in [0.3, 0.4) is 0 Å². The Labute approximate surface area is 104 Å². The van der Waals surface area contributed by atoms with Crippen molar-refractivity contribution in [3.63, 3.8) is 0 Å². The Balaban J connectivity index is 2.20. The van der Waals surface area contributed by atoms with Crippen LogP contribution in [-0.4, -0.2) is 10.1 Å². The van der Waals surface area contributed by atoms with Crippen molar-refractivity contribution in [2.45, 2.75) is 25.1 Å². The van der Waals surface area contributed by atoms with Gasteiger partial charge in [0.05, 0.1) is 5.38 Å². The van der Waals surface area contributed by atoms with Gasteiger partial charge in [-0.25, -0.2) is 4.39 Å². The Kier molecular flexibility index (Phi) is 3.74. The van der Waals surface area contributed by atoms with E-state index >= 15 is 0 Å². The molecule has 1 atom stereocenters. The third-order valence-corrected chi connectivity index (χ3v) is 2.77. The number of rotatable bonds is 4. The highest BCUT2D eigenvalue weighted by Gasteiger charge is 2.15. The van der Waals surface area contributed by atoms with Crippen molar-refractivity contribution in [1.29, 1.82) is 0 Å². The van der Waals surface area contributed by atoms with Crippen molar-refractivity contribution in [2.75, 3.05) is 0 Å². The summed E-state index contributed by atoms with van der Waals surface area (Å²) in [5.74, 6) is 0.546. The van der Waals surface area contributed by atoms with Gasteiger partial charge in [-0.05, 0) is 30.7 Å². The van der Waals surface area contributed by atoms with E-state index in [0.29, 0.717) is 17.3 Å². The van der Waals surface area contributed by atoms with E-state index in [9.17, 15) is 4.39 Å². The second-order valence-electron chi connectivity index (χ2n) is 3.72. The topological polar surface area (TPSA) is 38.9 Å². The van der Waals surface area contributed by atoms with Gasteiger partial charge in [0.25, 0.3) is 5.89 Å². The number of aromatic nitrogens is 2. The summed E-state index contributed by atoms with van der Waals surface area (Å²) in [6.07, 6.45) is 1.75. The fourth-order valence-electron chi connectivity index (χ4n) is 1.45. The van der Waals surface area contributed by atoms with Crippen LogP contribution >= 0.6 is 11.6 Å². The molecule has 0 saturated heterocycles. The normalized spacial score (nSPS) is 12.6. The average Bonchev–Trinajstić information content (AvgIpc) is 2.80. The molecule has 3 nitrogen and oxygen atoms in total. The van der Waals surface area contributed by atoms with Crippen LogP contribution in [0.1, 0.15) is 31.0 Å². The zero-order chi connectivity index (χ0) is 12.3. The summed E-state index contributed by atoms with van der Waals surface area (Å²) in [5, 5.41) is 3.58. The van der Waals surface area contributed by atoms with Crippen LogP contribution in [0.25, 0.3) is 11.5 Å². The van der Waals surface area contributed by atoms with Gasteiger partial charge in [-0.1, -0.05) is 18.5 Å². The van der Waals surface area contributed by atoms with E-state index < -0.39 is 0 Å². The molecule has 0 spiro atoms. The minimum atomic E-state index is -0.297. The SMILES string of the molecule is CCCC(Cl)c1noc(-c2ccc(F)cc2)n1. The maximum Gasteiger partial charge on any atom is 0.257 e. The molecule has 0 saturated carbocycles. The van der Waals surface area contributed by atoms with Gasteiger partial charge in [-0.3, -0.25) is 0 Å². The Morgan fingerprint density at radius 1 is 1.35 bits per heavy atom. The largest absolute Gasteiger partial charge is 0.334 e. The number of hydrogen-bond acceptors (Lipinski definition) is 3. The Bertz CT molecular complexity index is 484. The average molecular weight is 255 g/mol. The molecule has 1 aromatic heterocycles. The van der Waals surface area contributed by atoms with Crippen LogP contribution in [0.4, 0.5) is 4.39 Å². The molecule has 0 bridgehead atoms. The monoisotopic (exact) mass is 254 g/mol. The standard InChI is InChI=1S/C12H12ClFN2O/c1-2-3-10(13)11-15-12(17-16-11)8-4-6-9(14)7-5-8/h4-7,10H,2-3H2,1H3. The molecular weight excluding hydrogens is 243 g/mol. The van der Waals surface area contributed by atoms with Crippen molar-refractivity contribution in [3.8, 4) is 11.5 Å². The quantitative estimate of drug-likeness (QED) is 0.776. The number of alkyl halides is 1. The molecule has 0 N–H and O–H groups in total. The number of hydrogen-bond donors (Lipinski definition) is 0. The molecule has 2 rings (SSSR count). The van der Waals surface area contributed by atoms with Crippen molar-refractivity contribution in [3.05, 3.63) is 35.9 Å². The molecule has 17 heavy (non-hydrogen) atoms. The van der Waals surface area contributed by atoms with E-state index in [2.05, 4.69) is 10.1 Å². The van der Waals surface area contributed by atoms with Crippen LogP contribution in [0.2, 0.25) is 0 Å². The maximum atomic E-state index is 12.7. The summed E-state index contributed by atoms with van der Waals surface area (Å²) in [7, 11) is 0. The Morgan fingerprint density at radius 3 is 2.71 bits per heavy atom. The molecule has 0 fully saturated rings. The smallest absolute Gasteiger partial charge is 0.257 e. The first kappa shape index (κ1) is 12.0. The number of nitrogens with zero attached hydrogens (tertiary/aromatic N) is 2. The van der Waals surface area contributed by atoms with E-state index in [-0.39, 0.29) is 11.2 Å². The van der Waals surface area contributed by atoms with Crippen LogP contribution < -0.4 is 0 Å². The van der Waals surface area contributed by atoms with E-state index in [1.807, 2.05) is 6.92 Å². The van der Waals surface area contributed by atoms with Crippen LogP contribution in [-0.2, 0) is 0 Å². The lowest BCUT2D eigenvalue weighted by molar-refractivity contribution is 0.420. The van der Waals surface area contributed by atoms with Crippen molar-refractivity contribution in [1.82, 2.24) is 10.1 Å². The third kappa shape index (κ3) is 2.82. The minimum Gasteiger partial charge on any atom is -0.334 e. The highest BCUT2D eigenvalue weighted by Crippen LogP contribution is 2.25. The Hall–Kier alpha value is -1.42. The third-order valence-electron chi connectivity index (χ3n) is 2.36. The summed E-state index contributed by atoms with van der Waals surface area (Å²) in [5.41, 5.74) is 0.686. The lowest BCUT2D eigenvalue weighted by atomic mass is 10.2. The summed E-state index contributed by atoms with van der Waals surface area (Å²) in [4.78, 5) is 4.20. The first-order chi connectivity index (χ1) is 8.20. The second kappa shape index (κ2) is 5.27. The van der Waals surface area contributed by atoms with Crippen molar-refractivity contribution < 1.29 is 8.91 Å².